The SMILES string of the molecule is CC1CCN(C(=O)CN2[C@H]3CC[C@@H]2c2snnc2C3)CC1. The van der Waals surface area contributed by atoms with E-state index in [1.54, 1.807) is 0 Å². The molecule has 5 nitrogen and oxygen atoms in total. The maximum atomic E-state index is 12.6. The zero-order chi connectivity index (χ0) is 14.4. The molecule has 2 atom stereocenters. The van der Waals surface area contributed by atoms with Gasteiger partial charge in [-0.3, -0.25) is 9.69 Å². The van der Waals surface area contributed by atoms with Gasteiger partial charge in [0, 0.05) is 31.6 Å². The summed E-state index contributed by atoms with van der Waals surface area (Å²) in [6.07, 6.45) is 5.64. The minimum atomic E-state index is 0.319. The van der Waals surface area contributed by atoms with Gasteiger partial charge in [0.1, 0.15) is 0 Å². The van der Waals surface area contributed by atoms with Gasteiger partial charge >= 0.3 is 0 Å². The molecule has 1 aromatic heterocycles. The van der Waals surface area contributed by atoms with Gasteiger partial charge in [-0.1, -0.05) is 11.4 Å². The van der Waals surface area contributed by atoms with E-state index < -0.39 is 0 Å². The molecular weight excluding hydrogens is 284 g/mol. The molecule has 0 radical (unpaired) electrons. The predicted octanol–water partition coefficient (Wildman–Crippen LogP) is 1.86. The molecule has 0 N–H and O–H groups in total. The Morgan fingerprint density at radius 1 is 1.29 bits per heavy atom. The lowest BCUT2D eigenvalue weighted by Gasteiger charge is -2.36. The number of piperidine rings is 1. The molecule has 2 fully saturated rings. The van der Waals surface area contributed by atoms with Gasteiger partial charge in [-0.15, -0.1) is 5.10 Å². The molecule has 0 aromatic carbocycles. The predicted molar refractivity (Wildman–Crippen MR) is 81.1 cm³/mol. The Kier molecular flexibility index (Phi) is 3.46. The van der Waals surface area contributed by atoms with Crippen molar-refractivity contribution in [1.82, 2.24) is 19.4 Å². The zero-order valence-corrected chi connectivity index (χ0v) is 13.3. The van der Waals surface area contributed by atoms with E-state index in [0.717, 1.165) is 44.7 Å². The van der Waals surface area contributed by atoms with Gasteiger partial charge in [-0.25, -0.2) is 0 Å². The van der Waals surface area contributed by atoms with Gasteiger partial charge in [0.05, 0.1) is 17.1 Å². The van der Waals surface area contributed by atoms with Crippen LogP contribution in [0, 0.1) is 5.92 Å². The smallest absolute Gasteiger partial charge is 0.236 e. The molecular formula is C15H22N4OS. The van der Waals surface area contributed by atoms with Gasteiger partial charge in [0.15, 0.2) is 0 Å². The Labute approximate surface area is 129 Å². The van der Waals surface area contributed by atoms with Crippen molar-refractivity contribution in [3.05, 3.63) is 10.6 Å². The molecule has 1 aromatic rings. The van der Waals surface area contributed by atoms with E-state index >= 15 is 0 Å². The van der Waals surface area contributed by atoms with E-state index in [2.05, 4.69) is 26.3 Å². The number of hydrogen-bond donors (Lipinski definition) is 0. The van der Waals surface area contributed by atoms with E-state index in [1.807, 2.05) is 0 Å². The Hall–Kier alpha value is -1.01. The minimum Gasteiger partial charge on any atom is -0.342 e. The van der Waals surface area contributed by atoms with Crippen LogP contribution in [0.4, 0.5) is 0 Å². The highest BCUT2D eigenvalue weighted by molar-refractivity contribution is 7.05. The molecule has 2 bridgehead atoms. The second kappa shape index (κ2) is 5.32. The summed E-state index contributed by atoms with van der Waals surface area (Å²) in [4.78, 5) is 18.4. The van der Waals surface area contributed by atoms with Gasteiger partial charge < -0.3 is 4.90 Å². The molecule has 0 saturated carbocycles. The summed E-state index contributed by atoms with van der Waals surface area (Å²) in [5.41, 5.74) is 1.18. The first kappa shape index (κ1) is 13.6. The topological polar surface area (TPSA) is 49.3 Å². The number of likely N-dealkylation sites (tertiary alicyclic amines) is 1. The number of rotatable bonds is 2. The van der Waals surface area contributed by atoms with Crippen LogP contribution in [0.3, 0.4) is 0 Å². The third-order valence-electron chi connectivity index (χ3n) is 5.41. The van der Waals surface area contributed by atoms with Crippen LogP contribution in [-0.2, 0) is 11.2 Å². The Morgan fingerprint density at radius 2 is 2.10 bits per heavy atom. The number of nitrogens with zero attached hydrogens (tertiary/aromatic N) is 4. The molecule has 0 spiro atoms. The molecule has 4 heterocycles. The minimum absolute atomic E-state index is 0.319. The van der Waals surface area contributed by atoms with Crippen LogP contribution in [0.2, 0.25) is 0 Å². The fourth-order valence-corrected chi connectivity index (χ4v) is 4.86. The molecule has 4 rings (SSSR count). The van der Waals surface area contributed by atoms with Crippen molar-refractivity contribution in [3.8, 4) is 0 Å². The Bertz CT molecular complexity index is 538. The van der Waals surface area contributed by atoms with Crippen molar-refractivity contribution in [2.45, 2.75) is 51.1 Å². The summed E-state index contributed by atoms with van der Waals surface area (Å²) in [6, 6.07) is 0.894. The lowest BCUT2D eigenvalue weighted by Crippen LogP contribution is -2.47. The van der Waals surface area contributed by atoms with Crippen molar-refractivity contribution in [2.24, 2.45) is 5.92 Å². The third-order valence-corrected chi connectivity index (χ3v) is 6.28. The van der Waals surface area contributed by atoms with Crippen molar-refractivity contribution < 1.29 is 4.79 Å². The number of amides is 1. The molecule has 0 unspecified atom stereocenters. The molecule has 3 aliphatic heterocycles. The van der Waals surface area contributed by atoms with Crippen LogP contribution in [0.1, 0.15) is 49.2 Å². The van der Waals surface area contributed by atoms with E-state index in [-0.39, 0.29) is 0 Å². The van der Waals surface area contributed by atoms with Crippen LogP contribution in [0.5, 0.6) is 0 Å². The first-order valence-electron chi connectivity index (χ1n) is 8.07. The second-order valence-electron chi connectivity index (χ2n) is 6.77. The molecule has 1 amide bonds. The van der Waals surface area contributed by atoms with Crippen LogP contribution >= 0.6 is 11.5 Å². The average molecular weight is 306 g/mol. The monoisotopic (exact) mass is 306 g/mol. The van der Waals surface area contributed by atoms with Crippen molar-refractivity contribution >= 4 is 17.4 Å². The van der Waals surface area contributed by atoms with Gasteiger partial charge in [-0.05, 0) is 43.1 Å². The fraction of sp³-hybridized carbons (Fsp3) is 0.800. The molecule has 114 valence electrons. The average Bonchev–Trinajstić information content (AvgIpc) is 3.05. The van der Waals surface area contributed by atoms with Crippen LogP contribution in [0.15, 0.2) is 0 Å². The van der Waals surface area contributed by atoms with Crippen molar-refractivity contribution in [2.75, 3.05) is 19.6 Å². The third kappa shape index (κ3) is 2.38. The van der Waals surface area contributed by atoms with E-state index in [1.165, 1.54) is 28.5 Å². The zero-order valence-electron chi connectivity index (χ0n) is 12.5. The van der Waals surface area contributed by atoms with Crippen molar-refractivity contribution in [3.63, 3.8) is 0 Å². The lowest BCUT2D eigenvalue weighted by molar-refractivity contribution is -0.134. The number of carbonyl (C=O) groups excluding carboxylic acids is 1. The largest absolute Gasteiger partial charge is 0.342 e. The van der Waals surface area contributed by atoms with Crippen LogP contribution < -0.4 is 0 Å². The molecule has 6 heteroatoms. The van der Waals surface area contributed by atoms with Crippen LogP contribution in [-0.4, -0.2) is 51.0 Å². The van der Waals surface area contributed by atoms with E-state index in [9.17, 15) is 4.79 Å². The fourth-order valence-electron chi connectivity index (χ4n) is 4.02. The summed E-state index contributed by atoms with van der Waals surface area (Å²) >= 11 is 1.52. The highest BCUT2D eigenvalue weighted by Crippen LogP contribution is 2.44. The quantitative estimate of drug-likeness (QED) is 0.837. The maximum Gasteiger partial charge on any atom is 0.236 e. The number of hydrogen-bond acceptors (Lipinski definition) is 5. The second-order valence-corrected chi connectivity index (χ2v) is 7.56. The van der Waals surface area contributed by atoms with Gasteiger partial charge in [0.2, 0.25) is 5.91 Å². The van der Waals surface area contributed by atoms with Crippen LogP contribution in [0.25, 0.3) is 0 Å². The van der Waals surface area contributed by atoms with Gasteiger partial charge in [0.25, 0.3) is 0 Å². The van der Waals surface area contributed by atoms with E-state index in [4.69, 9.17) is 0 Å². The molecule has 21 heavy (non-hydrogen) atoms. The summed E-state index contributed by atoms with van der Waals surface area (Å²) in [7, 11) is 0. The lowest BCUT2D eigenvalue weighted by atomic mass is 9.99. The van der Waals surface area contributed by atoms with E-state index in [0.29, 0.717) is 24.5 Å². The number of fused-ring (bicyclic) bond motifs is 4. The summed E-state index contributed by atoms with van der Waals surface area (Å²) in [5, 5.41) is 4.26. The summed E-state index contributed by atoms with van der Waals surface area (Å²) < 4.78 is 4.10. The molecule has 0 aliphatic carbocycles. The maximum absolute atomic E-state index is 12.6. The van der Waals surface area contributed by atoms with Crippen molar-refractivity contribution in [1.29, 1.82) is 0 Å². The highest BCUT2D eigenvalue weighted by atomic mass is 32.1. The standard InChI is InChI=1S/C15H22N4OS/c1-10-4-6-18(7-5-10)14(20)9-19-11-2-3-13(19)15-12(8-11)16-17-21-15/h10-11,13H,2-9H2,1H3/t11-,13+/m0/s1. The first-order valence-corrected chi connectivity index (χ1v) is 8.84. The molecule has 3 aliphatic rings. The normalized spacial score (nSPS) is 29.7. The highest BCUT2D eigenvalue weighted by Gasteiger charge is 2.43. The number of carbonyl (C=O) groups is 1. The number of aromatic nitrogens is 2. The Morgan fingerprint density at radius 3 is 2.90 bits per heavy atom. The van der Waals surface area contributed by atoms with Gasteiger partial charge in [-0.2, -0.15) is 0 Å². The first-order chi connectivity index (χ1) is 10.2. The molecule has 2 saturated heterocycles. The Balaban J connectivity index is 1.45. The summed E-state index contributed by atoms with van der Waals surface area (Å²) in [5.74, 6) is 1.09. The summed E-state index contributed by atoms with van der Waals surface area (Å²) in [6.45, 7) is 4.75.